The zero-order chi connectivity index (χ0) is 24.1. The van der Waals surface area contributed by atoms with Crippen molar-refractivity contribution < 1.29 is 14.5 Å². The number of ether oxygens (including phenoxy) is 1. The van der Waals surface area contributed by atoms with Crippen LogP contribution in [0.1, 0.15) is 24.2 Å². The highest BCUT2D eigenvalue weighted by Crippen LogP contribution is 2.39. The number of carbonyl (C=O) groups is 1. The van der Waals surface area contributed by atoms with Gasteiger partial charge in [0.05, 0.1) is 22.8 Å². The summed E-state index contributed by atoms with van der Waals surface area (Å²) in [4.78, 5) is 33.8. The smallest absolute Gasteiger partial charge is 0.354 e. The van der Waals surface area contributed by atoms with E-state index < -0.39 is 10.9 Å². The lowest BCUT2D eigenvalue weighted by atomic mass is 10.1. The summed E-state index contributed by atoms with van der Waals surface area (Å²) in [5.41, 5.74) is 1.49. The number of hydrogen-bond donors (Lipinski definition) is 1. The van der Waals surface area contributed by atoms with E-state index in [1.54, 1.807) is 36.1 Å². The number of nitrogens with one attached hydrogen (secondary N) is 1. The molecule has 3 aromatic carbocycles. The van der Waals surface area contributed by atoms with Gasteiger partial charge in [-0.2, -0.15) is 0 Å². The molecule has 0 fully saturated rings. The number of nitrogens with zero attached hydrogens (tertiary/aromatic N) is 4. The summed E-state index contributed by atoms with van der Waals surface area (Å²) in [7, 11) is 0. The number of aromatic nitrogens is 2. The molecule has 4 rings (SSSR count). The number of hydrogen-bond acceptors (Lipinski definition) is 8. The Morgan fingerprint density at radius 3 is 2.47 bits per heavy atom. The lowest BCUT2D eigenvalue weighted by Crippen LogP contribution is -2.20. The molecule has 0 saturated carbocycles. The SMILES string of the molecule is CCOC(=O)c1ccc(Nc2ncnc(N(CC)c3cccc4ccccc34)c2[N+](=O)[O-])cc1. The van der Waals surface area contributed by atoms with E-state index in [0.29, 0.717) is 17.8 Å². The van der Waals surface area contributed by atoms with Gasteiger partial charge in [0.25, 0.3) is 0 Å². The zero-order valence-electron chi connectivity index (χ0n) is 18.8. The van der Waals surface area contributed by atoms with Crippen LogP contribution in [0.4, 0.5) is 28.7 Å². The molecule has 1 heterocycles. The summed E-state index contributed by atoms with van der Waals surface area (Å²) in [6.45, 7) is 4.38. The molecule has 0 saturated heterocycles. The number of benzene rings is 3. The summed E-state index contributed by atoms with van der Waals surface area (Å²) in [6, 6.07) is 20.1. The van der Waals surface area contributed by atoms with Crippen molar-refractivity contribution in [3.05, 3.63) is 88.7 Å². The molecule has 0 spiro atoms. The van der Waals surface area contributed by atoms with Crippen molar-refractivity contribution >= 4 is 45.4 Å². The fourth-order valence-corrected chi connectivity index (χ4v) is 3.75. The number of rotatable bonds is 8. The molecule has 9 nitrogen and oxygen atoms in total. The van der Waals surface area contributed by atoms with E-state index in [-0.39, 0.29) is 23.9 Å². The summed E-state index contributed by atoms with van der Waals surface area (Å²) in [5.74, 6) is -0.194. The molecular weight excluding hydrogens is 434 g/mol. The van der Waals surface area contributed by atoms with Gasteiger partial charge in [-0.25, -0.2) is 14.8 Å². The summed E-state index contributed by atoms with van der Waals surface area (Å²) in [5, 5.41) is 17.1. The minimum absolute atomic E-state index is 0.0533. The van der Waals surface area contributed by atoms with Gasteiger partial charge in [0.1, 0.15) is 6.33 Å². The van der Waals surface area contributed by atoms with E-state index in [4.69, 9.17) is 4.74 Å². The Bertz CT molecular complexity index is 1340. The highest BCUT2D eigenvalue weighted by atomic mass is 16.6. The predicted molar refractivity (Wildman–Crippen MR) is 131 cm³/mol. The quantitative estimate of drug-likeness (QED) is 0.206. The van der Waals surface area contributed by atoms with Crippen molar-refractivity contribution in [1.29, 1.82) is 0 Å². The Labute approximate surface area is 196 Å². The summed E-state index contributed by atoms with van der Waals surface area (Å²) >= 11 is 0. The largest absolute Gasteiger partial charge is 0.462 e. The van der Waals surface area contributed by atoms with Crippen LogP contribution in [0.5, 0.6) is 0 Å². The number of anilines is 4. The minimum atomic E-state index is -0.488. The molecule has 0 aliphatic rings. The predicted octanol–water partition coefficient (Wildman–Crippen LogP) is 5.62. The van der Waals surface area contributed by atoms with Gasteiger partial charge >= 0.3 is 11.7 Å². The number of fused-ring (bicyclic) bond motifs is 1. The Balaban J connectivity index is 1.74. The Morgan fingerprint density at radius 2 is 1.76 bits per heavy atom. The lowest BCUT2D eigenvalue weighted by Gasteiger charge is -2.24. The second kappa shape index (κ2) is 9.95. The maximum atomic E-state index is 12.2. The molecule has 9 heteroatoms. The second-order valence-corrected chi connectivity index (χ2v) is 7.32. The summed E-state index contributed by atoms with van der Waals surface area (Å²) < 4.78 is 4.99. The third-order valence-electron chi connectivity index (χ3n) is 5.27. The van der Waals surface area contributed by atoms with Crippen LogP contribution in [0.2, 0.25) is 0 Å². The van der Waals surface area contributed by atoms with E-state index in [1.165, 1.54) is 6.33 Å². The molecule has 0 amide bonds. The molecule has 0 unspecified atom stereocenters. The van der Waals surface area contributed by atoms with Crippen molar-refractivity contribution in [1.82, 2.24) is 9.97 Å². The van der Waals surface area contributed by atoms with Crippen LogP contribution in [0, 0.1) is 10.1 Å². The van der Waals surface area contributed by atoms with Crippen LogP contribution in [0.25, 0.3) is 10.8 Å². The number of nitro groups is 1. The maximum absolute atomic E-state index is 12.2. The van der Waals surface area contributed by atoms with Gasteiger partial charge in [0, 0.05) is 17.6 Å². The van der Waals surface area contributed by atoms with E-state index in [1.807, 2.05) is 49.4 Å². The van der Waals surface area contributed by atoms with E-state index in [2.05, 4.69) is 15.3 Å². The molecule has 172 valence electrons. The molecule has 4 aromatic rings. The van der Waals surface area contributed by atoms with Crippen LogP contribution in [-0.4, -0.2) is 34.0 Å². The Morgan fingerprint density at radius 1 is 1.03 bits per heavy atom. The standard InChI is InChI=1S/C25H23N5O4/c1-3-29(21-11-7-9-17-8-5-6-10-20(17)21)24-22(30(32)33)23(26-16-27-24)28-19-14-12-18(13-15-19)25(31)34-4-2/h5-16H,3-4H2,1-2H3,(H,26,27,28). The van der Waals surface area contributed by atoms with Crippen molar-refractivity contribution in [2.24, 2.45) is 0 Å². The van der Waals surface area contributed by atoms with Gasteiger partial charge in [0.2, 0.25) is 11.6 Å². The van der Waals surface area contributed by atoms with Gasteiger partial charge in [-0.05, 0) is 49.6 Å². The van der Waals surface area contributed by atoms with E-state index >= 15 is 0 Å². The molecule has 1 aromatic heterocycles. The zero-order valence-corrected chi connectivity index (χ0v) is 18.8. The van der Waals surface area contributed by atoms with Crippen LogP contribution in [0.3, 0.4) is 0 Å². The minimum Gasteiger partial charge on any atom is -0.462 e. The number of esters is 1. The van der Waals surface area contributed by atoms with Crippen molar-refractivity contribution in [3.8, 4) is 0 Å². The molecular formula is C25H23N5O4. The fraction of sp³-hybridized carbons (Fsp3) is 0.160. The fourth-order valence-electron chi connectivity index (χ4n) is 3.75. The topological polar surface area (TPSA) is 110 Å². The van der Waals surface area contributed by atoms with Crippen LogP contribution in [0.15, 0.2) is 73.1 Å². The average Bonchev–Trinajstić information content (AvgIpc) is 2.85. The Kier molecular flexibility index (Phi) is 6.63. The normalized spacial score (nSPS) is 10.6. The van der Waals surface area contributed by atoms with E-state index in [0.717, 1.165) is 16.5 Å². The molecule has 1 N–H and O–H groups in total. The third-order valence-corrected chi connectivity index (χ3v) is 5.27. The number of carbonyl (C=O) groups excluding carboxylic acids is 1. The first kappa shape index (κ1) is 22.7. The first-order valence-electron chi connectivity index (χ1n) is 10.8. The average molecular weight is 457 g/mol. The van der Waals surface area contributed by atoms with Gasteiger partial charge in [-0.1, -0.05) is 36.4 Å². The van der Waals surface area contributed by atoms with Crippen molar-refractivity contribution in [3.63, 3.8) is 0 Å². The van der Waals surface area contributed by atoms with Gasteiger partial charge in [0.15, 0.2) is 0 Å². The molecule has 0 aliphatic carbocycles. The van der Waals surface area contributed by atoms with Crippen LogP contribution >= 0.6 is 0 Å². The van der Waals surface area contributed by atoms with Crippen molar-refractivity contribution in [2.45, 2.75) is 13.8 Å². The van der Waals surface area contributed by atoms with Crippen LogP contribution in [-0.2, 0) is 4.74 Å². The van der Waals surface area contributed by atoms with Gasteiger partial charge in [-0.15, -0.1) is 0 Å². The summed E-state index contributed by atoms with van der Waals surface area (Å²) in [6.07, 6.45) is 1.30. The molecule has 34 heavy (non-hydrogen) atoms. The first-order chi connectivity index (χ1) is 16.5. The molecule has 0 radical (unpaired) electrons. The van der Waals surface area contributed by atoms with Crippen LogP contribution < -0.4 is 10.2 Å². The molecule has 0 aliphatic heterocycles. The second-order valence-electron chi connectivity index (χ2n) is 7.32. The van der Waals surface area contributed by atoms with Crippen molar-refractivity contribution in [2.75, 3.05) is 23.4 Å². The molecule has 0 bridgehead atoms. The van der Waals surface area contributed by atoms with Gasteiger partial charge in [-0.3, -0.25) is 10.1 Å². The monoisotopic (exact) mass is 457 g/mol. The highest BCUT2D eigenvalue weighted by Gasteiger charge is 2.28. The first-order valence-corrected chi connectivity index (χ1v) is 10.8. The molecule has 0 atom stereocenters. The van der Waals surface area contributed by atoms with E-state index in [9.17, 15) is 14.9 Å². The third kappa shape index (κ3) is 4.49. The highest BCUT2D eigenvalue weighted by molar-refractivity contribution is 5.97. The lowest BCUT2D eigenvalue weighted by molar-refractivity contribution is -0.383. The Hall–Kier alpha value is -4.53. The maximum Gasteiger partial charge on any atom is 0.354 e. The van der Waals surface area contributed by atoms with Gasteiger partial charge < -0.3 is 15.0 Å².